The van der Waals surface area contributed by atoms with E-state index in [2.05, 4.69) is 14.9 Å². The Kier molecular flexibility index (Phi) is 3.77. The van der Waals surface area contributed by atoms with E-state index in [9.17, 15) is 0 Å². The highest BCUT2D eigenvalue weighted by atomic mass is 32.1. The third-order valence-electron chi connectivity index (χ3n) is 2.22. The molecule has 2 aromatic rings. The summed E-state index contributed by atoms with van der Waals surface area (Å²) in [5.41, 5.74) is 0.813. The fourth-order valence-corrected chi connectivity index (χ4v) is 1.83. The van der Waals surface area contributed by atoms with Crippen molar-refractivity contribution < 1.29 is 9.47 Å². The maximum absolute atomic E-state index is 5.60. The second-order valence-electron chi connectivity index (χ2n) is 3.26. The molecule has 0 aliphatic heterocycles. The van der Waals surface area contributed by atoms with Gasteiger partial charge in [-0.3, -0.25) is 0 Å². The summed E-state index contributed by atoms with van der Waals surface area (Å²) in [4.78, 5) is 0. The second-order valence-corrected chi connectivity index (χ2v) is 4.02. The zero-order valence-corrected chi connectivity index (χ0v) is 10.5. The highest BCUT2D eigenvalue weighted by Crippen LogP contribution is 2.21. The van der Waals surface area contributed by atoms with Crippen molar-refractivity contribution in [2.45, 2.75) is 6.61 Å². The summed E-state index contributed by atoms with van der Waals surface area (Å²) in [5.74, 6) is 1.59. The molecule has 0 aliphatic carbocycles. The third-order valence-corrected chi connectivity index (χ3v) is 3.00. The van der Waals surface area contributed by atoms with E-state index in [1.54, 1.807) is 7.11 Å². The molecule has 1 N–H and O–H groups in total. The maximum atomic E-state index is 5.60. The Morgan fingerprint density at radius 3 is 2.59 bits per heavy atom. The first-order chi connectivity index (χ1) is 8.33. The van der Waals surface area contributed by atoms with Crippen LogP contribution in [0.2, 0.25) is 0 Å². The first kappa shape index (κ1) is 11.7. The van der Waals surface area contributed by atoms with Gasteiger partial charge in [-0.05, 0) is 24.3 Å². The van der Waals surface area contributed by atoms with Gasteiger partial charge < -0.3 is 14.8 Å². The minimum absolute atomic E-state index is 0.402. The number of aromatic nitrogens is 2. The summed E-state index contributed by atoms with van der Waals surface area (Å²) in [7, 11) is 3.47. The summed E-state index contributed by atoms with van der Waals surface area (Å²) in [5, 5.41) is 7.94. The molecular weight excluding hydrogens is 238 g/mol. The quantitative estimate of drug-likeness (QED) is 0.882. The lowest BCUT2D eigenvalue weighted by Crippen LogP contribution is -1.99. The lowest BCUT2D eigenvalue weighted by Gasteiger charge is -2.06. The first-order valence-electron chi connectivity index (χ1n) is 5.09. The fourth-order valence-electron chi connectivity index (χ4n) is 1.32. The Hall–Kier alpha value is -1.82. The van der Waals surface area contributed by atoms with Crippen LogP contribution in [-0.4, -0.2) is 23.7 Å². The predicted octanol–water partition coefficient (Wildman–Crippen LogP) is 2.17. The van der Waals surface area contributed by atoms with Crippen LogP contribution in [0.15, 0.2) is 24.3 Å². The molecule has 0 radical (unpaired) electrons. The number of nitrogens with zero attached hydrogens (tertiary/aromatic N) is 2. The zero-order valence-electron chi connectivity index (χ0n) is 9.64. The molecule has 1 aromatic heterocycles. The van der Waals surface area contributed by atoms with Gasteiger partial charge >= 0.3 is 0 Å². The minimum atomic E-state index is 0.402. The van der Waals surface area contributed by atoms with Gasteiger partial charge in [0.05, 0.1) is 7.11 Å². The monoisotopic (exact) mass is 251 g/mol. The van der Waals surface area contributed by atoms with Crippen LogP contribution < -0.4 is 14.8 Å². The maximum Gasteiger partial charge on any atom is 0.136 e. The molecule has 5 nitrogen and oxygen atoms in total. The Morgan fingerprint density at radius 2 is 1.94 bits per heavy atom. The summed E-state index contributed by atoms with van der Waals surface area (Å²) in [6, 6.07) is 7.43. The molecule has 0 atom stereocenters. The van der Waals surface area contributed by atoms with Crippen molar-refractivity contribution in [3.63, 3.8) is 0 Å². The molecule has 90 valence electrons. The van der Waals surface area contributed by atoms with Crippen LogP contribution in [0.4, 0.5) is 5.00 Å². The smallest absolute Gasteiger partial charge is 0.136 e. The van der Waals surface area contributed by atoms with Crippen LogP contribution in [0.5, 0.6) is 11.5 Å². The Labute approximate surface area is 104 Å². The van der Waals surface area contributed by atoms with Crippen LogP contribution >= 0.6 is 11.5 Å². The molecule has 0 spiro atoms. The van der Waals surface area contributed by atoms with Gasteiger partial charge in [-0.1, -0.05) is 4.49 Å². The number of rotatable bonds is 5. The van der Waals surface area contributed by atoms with Crippen molar-refractivity contribution in [3.8, 4) is 11.5 Å². The van der Waals surface area contributed by atoms with E-state index < -0.39 is 0 Å². The van der Waals surface area contributed by atoms with E-state index in [1.807, 2.05) is 31.3 Å². The molecule has 0 aliphatic rings. The zero-order chi connectivity index (χ0) is 12.1. The van der Waals surface area contributed by atoms with E-state index in [0.29, 0.717) is 6.61 Å². The molecular formula is C11H13N3O2S. The molecule has 0 fully saturated rings. The van der Waals surface area contributed by atoms with Crippen molar-refractivity contribution in [2.75, 3.05) is 19.5 Å². The van der Waals surface area contributed by atoms with Crippen LogP contribution in [0.25, 0.3) is 0 Å². The third kappa shape index (κ3) is 2.85. The molecule has 17 heavy (non-hydrogen) atoms. The molecule has 1 aromatic carbocycles. The highest BCUT2D eigenvalue weighted by molar-refractivity contribution is 7.10. The van der Waals surface area contributed by atoms with Gasteiger partial charge in [0.2, 0.25) is 0 Å². The van der Waals surface area contributed by atoms with Crippen LogP contribution in [0.3, 0.4) is 0 Å². The number of methoxy groups -OCH3 is 1. The number of ether oxygens (including phenoxy) is 2. The molecule has 0 saturated heterocycles. The van der Waals surface area contributed by atoms with Gasteiger partial charge in [0.15, 0.2) is 0 Å². The second kappa shape index (κ2) is 5.49. The molecule has 2 rings (SSSR count). The van der Waals surface area contributed by atoms with Gasteiger partial charge in [0.1, 0.15) is 28.8 Å². The molecule has 6 heteroatoms. The van der Waals surface area contributed by atoms with Gasteiger partial charge in [0.25, 0.3) is 0 Å². The molecule has 1 heterocycles. The Balaban J connectivity index is 1.97. The number of anilines is 1. The highest BCUT2D eigenvalue weighted by Gasteiger charge is 2.06. The van der Waals surface area contributed by atoms with E-state index in [-0.39, 0.29) is 0 Å². The van der Waals surface area contributed by atoms with E-state index in [4.69, 9.17) is 9.47 Å². The normalized spacial score (nSPS) is 10.0. The van der Waals surface area contributed by atoms with Crippen molar-refractivity contribution in [1.82, 2.24) is 9.59 Å². The molecule has 0 amide bonds. The Bertz CT molecular complexity index is 470. The van der Waals surface area contributed by atoms with Gasteiger partial charge in [0, 0.05) is 18.6 Å². The minimum Gasteiger partial charge on any atom is -0.497 e. The fraction of sp³-hybridized carbons (Fsp3) is 0.273. The van der Waals surface area contributed by atoms with E-state index in [1.165, 1.54) is 11.5 Å². The number of nitrogens with one attached hydrogen (secondary N) is 1. The van der Waals surface area contributed by atoms with Crippen molar-refractivity contribution in [2.24, 2.45) is 0 Å². The van der Waals surface area contributed by atoms with Crippen LogP contribution in [0, 0.1) is 0 Å². The van der Waals surface area contributed by atoms with Crippen LogP contribution in [0.1, 0.15) is 5.69 Å². The predicted molar refractivity (Wildman–Crippen MR) is 66.8 cm³/mol. The average molecular weight is 251 g/mol. The van der Waals surface area contributed by atoms with E-state index >= 15 is 0 Å². The van der Waals surface area contributed by atoms with Crippen molar-refractivity contribution in [1.29, 1.82) is 0 Å². The first-order valence-corrected chi connectivity index (χ1v) is 5.86. The molecule has 0 unspecified atom stereocenters. The summed E-state index contributed by atoms with van der Waals surface area (Å²) in [6.07, 6.45) is 0. The number of benzene rings is 1. The topological polar surface area (TPSA) is 56.3 Å². The number of hydrogen-bond donors (Lipinski definition) is 1. The van der Waals surface area contributed by atoms with Gasteiger partial charge in [-0.25, -0.2) is 0 Å². The standard InChI is InChI=1S/C11H13N3O2S/c1-12-11-10(13-14-17-11)7-16-9-5-3-8(15-2)4-6-9/h3-6,12H,7H2,1-2H3. The van der Waals surface area contributed by atoms with Crippen LogP contribution in [-0.2, 0) is 6.61 Å². The van der Waals surface area contributed by atoms with E-state index in [0.717, 1.165) is 22.2 Å². The average Bonchev–Trinajstić information content (AvgIpc) is 2.84. The van der Waals surface area contributed by atoms with Gasteiger partial charge in [-0.2, -0.15) is 0 Å². The summed E-state index contributed by atoms with van der Waals surface area (Å²) >= 11 is 1.32. The molecule has 0 saturated carbocycles. The SMILES string of the molecule is CNc1snnc1COc1ccc(OC)cc1. The van der Waals surface area contributed by atoms with Crippen molar-refractivity contribution >= 4 is 16.5 Å². The lowest BCUT2D eigenvalue weighted by molar-refractivity contribution is 0.301. The molecule has 0 bridgehead atoms. The Morgan fingerprint density at radius 1 is 1.24 bits per heavy atom. The largest absolute Gasteiger partial charge is 0.497 e. The van der Waals surface area contributed by atoms with Crippen molar-refractivity contribution in [3.05, 3.63) is 30.0 Å². The number of hydrogen-bond acceptors (Lipinski definition) is 6. The summed E-state index contributed by atoms with van der Waals surface area (Å²) in [6.45, 7) is 0.402. The summed E-state index contributed by atoms with van der Waals surface area (Å²) < 4.78 is 14.5. The lowest BCUT2D eigenvalue weighted by atomic mass is 10.3. The van der Waals surface area contributed by atoms with Gasteiger partial charge in [-0.15, -0.1) is 5.10 Å².